The molecule has 0 unspecified atom stereocenters. The Kier molecular flexibility index (Phi) is 8.00. The van der Waals surface area contributed by atoms with E-state index >= 15 is 0 Å². The molecule has 0 N–H and O–H groups in total. The third-order valence-corrected chi connectivity index (χ3v) is 2.36. The average Bonchev–Trinajstić information content (AvgIpc) is 2.01. The van der Waals surface area contributed by atoms with Crippen molar-refractivity contribution >= 4 is 23.4 Å². The van der Waals surface area contributed by atoms with Crippen LogP contribution in [-0.4, -0.2) is 36.8 Å². The molecule has 0 rings (SSSR count). The number of thioether (sulfide) groups is 1. The fraction of sp³-hybridized carbons (Fsp3) is 1.00. The van der Waals surface area contributed by atoms with Gasteiger partial charge >= 0.3 is 6.18 Å². The monoisotopic (exact) mass is 236 g/mol. The highest BCUT2D eigenvalue weighted by molar-refractivity contribution is 7.99. The van der Waals surface area contributed by atoms with Crippen LogP contribution in [0.1, 0.15) is 6.42 Å². The third kappa shape index (κ3) is 12.4. The van der Waals surface area contributed by atoms with Crippen LogP contribution in [0, 0.1) is 0 Å². The second-order valence-electron chi connectivity index (χ2n) is 2.32. The average molecular weight is 237 g/mol. The molecule has 0 heterocycles. The molecule has 0 aliphatic carbocycles. The Morgan fingerprint density at radius 1 is 1.23 bits per heavy atom. The normalized spacial score (nSPS) is 12.0. The molecule has 0 fully saturated rings. The molecule has 0 saturated carbocycles. The molecular formula is C7H12ClF3OS. The van der Waals surface area contributed by atoms with Crippen LogP contribution in [-0.2, 0) is 4.74 Å². The molecule has 0 atom stereocenters. The van der Waals surface area contributed by atoms with Gasteiger partial charge in [0.1, 0.15) is 6.61 Å². The fourth-order valence-electron chi connectivity index (χ4n) is 0.564. The van der Waals surface area contributed by atoms with E-state index in [9.17, 15) is 13.2 Å². The first-order chi connectivity index (χ1) is 6.06. The lowest BCUT2D eigenvalue weighted by atomic mass is 10.6. The molecule has 0 radical (unpaired) electrons. The van der Waals surface area contributed by atoms with Crippen molar-refractivity contribution in [2.75, 3.05) is 30.6 Å². The predicted octanol–water partition coefficient (Wildman–Crippen LogP) is 2.93. The summed E-state index contributed by atoms with van der Waals surface area (Å²) in [5, 5.41) is 0. The summed E-state index contributed by atoms with van der Waals surface area (Å²) >= 11 is 6.96. The lowest BCUT2D eigenvalue weighted by Crippen LogP contribution is -2.17. The van der Waals surface area contributed by atoms with E-state index < -0.39 is 12.8 Å². The van der Waals surface area contributed by atoms with Crippen LogP contribution < -0.4 is 0 Å². The number of hydrogen-bond acceptors (Lipinski definition) is 2. The summed E-state index contributed by atoms with van der Waals surface area (Å²) in [6, 6.07) is 0. The van der Waals surface area contributed by atoms with E-state index in [4.69, 9.17) is 11.6 Å². The van der Waals surface area contributed by atoms with Crippen molar-refractivity contribution in [1.29, 1.82) is 0 Å². The highest BCUT2D eigenvalue weighted by atomic mass is 35.5. The second kappa shape index (κ2) is 7.76. The summed E-state index contributed by atoms with van der Waals surface area (Å²) < 4.78 is 39.0. The van der Waals surface area contributed by atoms with Gasteiger partial charge in [-0.05, 0) is 12.2 Å². The maximum absolute atomic E-state index is 11.5. The molecular weight excluding hydrogens is 225 g/mol. The Labute approximate surface area is 85.0 Å². The Morgan fingerprint density at radius 3 is 2.46 bits per heavy atom. The minimum absolute atomic E-state index is 0.145. The van der Waals surface area contributed by atoms with Crippen molar-refractivity contribution in [1.82, 2.24) is 0 Å². The summed E-state index contributed by atoms with van der Waals surface area (Å²) in [5.41, 5.74) is 0. The fourth-order valence-corrected chi connectivity index (χ4v) is 1.64. The Bertz CT molecular complexity index is 121. The number of alkyl halides is 4. The predicted molar refractivity (Wildman–Crippen MR) is 49.5 cm³/mol. The van der Waals surface area contributed by atoms with E-state index in [1.54, 1.807) is 11.8 Å². The molecule has 0 aliphatic heterocycles. The van der Waals surface area contributed by atoms with Gasteiger partial charge in [-0.3, -0.25) is 0 Å². The second-order valence-corrected chi connectivity index (χ2v) is 3.93. The van der Waals surface area contributed by atoms with Gasteiger partial charge in [-0.15, -0.1) is 11.6 Å². The SMILES string of the molecule is FC(F)(F)COCCSCCCCl. The molecule has 0 bridgehead atoms. The van der Waals surface area contributed by atoms with Crippen LogP contribution in [0.5, 0.6) is 0 Å². The Hall–Kier alpha value is 0.390. The maximum atomic E-state index is 11.5. The number of hydrogen-bond donors (Lipinski definition) is 0. The quantitative estimate of drug-likeness (QED) is 0.497. The minimum Gasteiger partial charge on any atom is -0.371 e. The Morgan fingerprint density at radius 2 is 1.92 bits per heavy atom. The van der Waals surface area contributed by atoms with Gasteiger partial charge in [0.15, 0.2) is 0 Å². The van der Waals surface area contributed by atoms with E-state index in [0.29, 0.717) is 11.6 Å². The lowest BCUT2D eigenvalue weighted by molar-refractivity contribution is -0.172. The van der Waals surface area contributed by atoms with Crippen LogP contribution >= 0.6 is 23.4 Å². The van der Waals surface area contributed by atoms with E-state index in [2.05, 4.69) is 4.74 Å². The highest BCUT2D eigenvalue weighted by Crippen LogP contribution is 2.14. The molecule has 0 saturated heterocycles. The molecule has 13 heavy (non-hydrogen) atoms. The van der Waals surface area contributed by atoms with Gasteiger partial charge in [0, 0.05) is 11.6 Å². The zero-order valence-corrected chi connectivity index (χ0v) is 8.64. The van der Waals surface area contributed by atoms with Crippen LogP contribution in [0.2, 0.25) is 0 Å². The van der Waals surface area contributed by atoms with E-state index in [-0.39, 0.29) is 6.61 Å². The van der Waals surface area contributed by atoms with Gasteiger partial charge < -0.3 is 4.74 Å². The van der Waals surface area contributed by atoms with Crippen molar-refractivity contribution in [3.63, 3.8) is 0 Å². The maximum Gasteiger partial charge on any atom is 0.411 e. The van der Waals surface area contributed by atoms with Crippen molar-refractivity contribution in [3.05, 3.63) is 0 Å². The minimum atomic E-state index is -4.21. The number of ether oxygens (including phenoxy) is 1. The summed E-state index contributed by atoms with van der Waals surface area (Å²) in [4.78, 5) is 0. The Balaban J connectivity index is 3.00. The molecule has 0 aromatic heterocycles. The lowest BCUT2D eigenvalue weighted by Gasteiger charge is -2.06. The summed E-state index contributed by atoms with van der Waals surface area (Å²) in [5.74, 6) is 2.06. The smallest absolute Gasteiger partial charge is 0.371 e. The first kappa shape index (κ1) is 13.4. The van der Waals surface area contributed by atoms with Gasteiger partial charge in [0.25, 0.3) is 0 Å². The van der Waals surface area contributed by atoms with Gasteiger partial charge in [0.05, 0.1) is 6.61 Å². The topological polar surface area (TPSA) is 9.23 Å². The van der Waals surface area contributed by atoms with E-state index in [1.807, 2.05) is 0 Å². The van der Waals surface area contributed by atoms with Crippen LogP contribution in [0.4, 0.5) is 13.2 Å². The molecule has 0 aromatic carbocycles. The van der Waals surface area contributed by atoms with E-state index in [0.717, 1.165) is 12.2 Å². The van der Waals surface area contributed by atoms with Gasteiger partial charge in [-0.25, -0.2) is 0 Å². The van der Waals surface area contributed by atoms with Gasteiger partial charge in [-0.1, -0.05) is 0 Å². The zero-order chi connectivity index (χ0) is 10.2. The number of halogens is 4. The van der Waals surface area contributed by atoms with Crippen molar-refractivity contribution in [3.8, 4) is 0 Å². The van der Waals surface area contributed by atoms with Crippen molar-refractivity contribution in [2.24, 2.45) is 0 Å². The molecule has 6 heteroatoms. The standard InChI is InChI=1S/C7H12ClF3OS/c8-2-1-4-13-5-3-12-6-7(9,10)11/h1-6H2. The van der Waals surface area contributed by atoms with E-state index in [1.165, 1.54) is 0 Å². The van der Waals surface area contributed by atoms with Crippen LogP contribution in [0.3, 0.4) is 0 Å². The largest absolute Gasteiger partial charge is 0.411 e. The summed E-state index contributed by atoms with van der Waals surface area (Å²) in [7, 11) is 0. The molecule has 0 aromatic rings. The molecule has 0 amide bonds. The van der Waals surface area contributed by atoms with Gasteiger partial charge in [-0.2, -0.15) is 24.9 Å². The molecule has 80 valence electrons. The first-order valence-corrected chi connectivity index (χ1v) is 5.53. The first-order valence-electron chi connectivity index (χ1n) is 3.84. The summed E-state index contributed by atoms with van der Waals surface area (Å²) in [6.45, 7) is -1.00. The van der Waals surface area contributed by atoms with Crippen molar-refractivity contribution < 1.29 is 17.9 Å². The molecule has 1 nitrogen and oxygen atoms in total. The van der Waals surface area contributed by atoms with Gasteiger partial charge in [0.2, 0.25) is 0 Å². The molecule has 0 spiro atoms. The van der Waals surface area contributed by atoms with Crippen LogP contribution in [0.25, 0.3) is 0 Å². The zero-order valence-electron chi connectivity index (χ0n) is 7.07. The molecule has 0 aliphatic rings. The summed E-state index contributed by atoms with van der Waals surface area (Å²) in [6.07, 6.45) is -3.33. The van der Waals surface area contributed by atoms with Crippen molar-refractivity contribution in [2.45, 2.75) is 12.6 Å². The highest BCUT2D eigenvalue weighted by Gasteiger charge is 2.27. The third-order valence-electron chi connectivity index (χ3n) is 1.06. The number of rotatable bonds is 7. The van der Waals surface area contributed by atoms with Crippen LogP contribution in [0.15, 0.2) is 0 Å².